The Balaban J connectivity index is 0.000000921. The zero-order valence-electron chi connectivity index (χ0n) is 10.9. The lowest BCUT2D eigenvalue weighted by atomic mass is 10.1. The summed E-state index contributed by atoms with van der Waals surface area (Å²) in [5.74, 6) is 0. The monoisotopic (exact) mass is 207 g/mol. The van der Waals surface area contributed by atoms with Crippen molar-refractivity contribution in [2.75, 3.05) is 13.6 Å². The molecule has 1 nitrogen and oxygen atoms in total. The summed E-state index contributed by atoms with van der Waals surface area (Å²) < 4.78 is 0. The summed E-state index contributed by atoms with van der Waals surface area (Å²) in [5.41, 5.74) is 2.74. The minimum atomic E-state index is 1.06. The second-order valence-corrected chi connectivity index (χ2v) is 3.72. The molecule has 0 fully saturated rings. The van der Waals surface area contributed by atoms with Crippen LogP contribution in [0, 0.1) is 6.92 Å². The summed E-state index contributed by atoms with van der Waals surface area (Å²) >= 11 is 0. The van der Waals surface area contributed by atoms with Crippen LogP contribution in [-0.4, -0.2) is 18.5 Å². The third-order valence-corrected chi connectivity index (χ3v) is 2.18. The molecular weight excluding hydrogens is 182 g/mol. The molecule has 0 saturated carbocycles. The quantitative estimate of drug-likeness (QED) is 0.724. The molecule has 15 heavy (non-hydrogen) atoms. The highest BCUT2D eigenvalue weighted by Crippen LogP contribution is 2.05. The smallest absolute Gasteiger partial charge is 0.0230 e. The largest absolute Gasteiger partial charge is 0.302 e. The van der Waals surface area contributed by atoms with Gasteiger partial charge in [0.25, 0.3) is 0 Å². The van der Waals surface area contributed by atoms with Crippen LogP contribution in [0.2, 0.25) is 0 Å². The normalized spacial score (nSPS) is 9.73. The van der Waals surface area contributed by atoms with E-state index in [-0.39, 0.29) is 0 Å². The Morgan fingerprint density at radius 3 is 2.07 bits per heavy atom. The molecule has 0 aliphatic rings. The van der Waals surface area contributed by atoms with Gasteiger partial charge in [0.05, 0.1) is 0 Å². The minimum Gasteiger partial charge on any atom is -0.302 e. The van der Waals surface area contributed by atoms with Crippen LogP contribution in [0.25, 0.3) is 0 Å². The highest BCUT2D eigenvalue weighted by atomic mass is 15.1. The third kappa shape index (κ3) is 6.29. The molecule has 0 heterocycles. The van der Waals surface area contributed by atoms with Crippen LogP contribution < -0.4 is 0 Å². The summed E-state index contributed by atoms with van der Waals surface area (Å²) in [6.07, 6.45) is 1.22. The number of hydrogen-bond acceptors (Lipinski definition) is 1. The van der Waals surface area contributed by atoms with Gasteiger partial charge in [0.1, 0.15) is 0 Å². The van der Waals surface area contributed by atoms with E-state index >= 15 is 0 Å². The van der Waals surface area contributed by atoms with Crippen LogP contribution in [0.4, 0.5) is 0 Å². The molecule has 0 bridgehead atoms. The van der Waals surface area contributed by atoms with Gasteiger partial charge < -0.3 is 4.90 Å². The molecule has 0 unspecified atom stereocenters. The first-order valence-corrected chi connectivity index (χ1v) is 5.96. The fraction of sp³-hybridized carbons (Fsp3) is 0.571. The van der Waals surface area contributed by atoms with Crippen LogP contribution in [0.15, 0.2) is 24.3 Å². The summed E-state index contributed by atoms with van der Waals surface area (Å²) in [5, 5.41) is 0. The van der Waals surface area contributed by atoms with Gasteiger partial charge in [-0.15, -0.1) is 0 Å². The summed E-state index contributed by atoms with van der Waals surface area (Å²) in [7, 11) is 2.17. The van der Waals surface area contributed by atoms with Gasteiger partial charge in [0.2, 0.25) is 0 Å². The number of aryl methyl sites for hydroxylation is 1. The maximum atomic E-state index is 2.35. The van der Waals surface area contributed by atoms with E-state index in [2.05, 4.69) is 50.1 Å². The molecule has 1 rings (SSSR count). The van der Waals surface area contributed by atoms with Crippen molar-refractivity contribution in [3.63, 3.8) is 0 Å². The van der Waals surface area contributed by atoms with Crippen molar-refractivity contribution in [2.24, 2.45) is 0 Å². The molecule has 0 atom stereocenters. The van der Waals surface area contributed by atoms with Gasteiger partial charge in [0, 0.05) is 6.54 Å². The van der Waals surface area contributed by atoms with E-state index in [1.165, 1.54) is 24.1 Å². The van der Waals surface area contributed by atoms with Crippen LogP contribution >= 0.6 is 0 Å². The van der Waals surface area contributed by atoms with Gasteiger partial charge in [-0.25, -0.2) is 0 Å². The standard InChI is InChI=1S/C12H19N.C2H6/c1-4-9-13(3)10-12-7-5-11(2)6-8-12;1-2/h5-8H,4,9-10H2,1-3H3;1-2H3. The molecule has 0 radical (unpaired) electrons. The number of rotatable bonds is 4. The Kier molecular flexibility index (Phi) is 8.02. The number of hydrogen-bond donors (Lipinski definition) is 0. The molecule has 0 spiro atoms. The molecule has 1 aromatic carbocycles. The summed E-state index contributed by atoms with van der Waals surface area (Å²) in [6.45, 7) is 10.6. The Labute approximate surface area is 95.1 Å². The molecule has 0 saturated heterocycles. The molecule has 0 aliphatic heterocycles. The number of benzene rings is 1. The average molecular weight is 207 g/mol. The first kappa shape index (κ1) is 14.2. The lowest BCUT2D eigenvalue weighted by Crippen LogP contribution is -2.18. The molecular formula is C14H25N. The van der Waals surface area contributed by atoms with Gasteiger partial charge in [0.15, 0.2) is 0 Å². The van der Waals surface area contributed by atoms with Crippen molar-refractivity contribution in [3.05, 3.63) is 35.4 Å². The third-order valence-electron chi connectivity index (χ3n) is 2.18. The number of nitrogens with zero attached hydrogens (tertiary/aromatic N) is 1. The molecule has 0 amide bonds. The fourth-order valence-electron chi connectivity index (χ4n) is 1.47. The van der Waals surface area contributed by atoms with Crippen molar-refractivity contribution in [1.29, 1.82) is 0 Å². The second kappa shape index (κ2) is 8.49. The van der Waals surface area contributed by atoms with Crippen molar-refractivity contribution in [2.45, 2.75) is 40.7 Å². The topological polar surface area (TPSA) is 3.24 Å². The Bertz CT molecular complexity index is 238. The van der Waals surface area contributed by atoms with Crippen LogP contribution in [-0.2, 0) is 6.54 Å². The maximum Gasteiger partial charge on any atom is 0.0230 e. The van der Waals surface area contributed by atoms with E-state index in [0.717, 1.165) is 6.54 Å². The average Bonchev–Trinajstić information content (AvgIpc) is 2.25. The van der Waals surface area contributed by atoms with Crippen molar-refractivity contribution in [3.8, 4) is 0 Å². The summed E-state index contributed by atoms with van der Waals surface area (Å²) in [4.78, 5) is 2.35. The van der Waals surface area contributed by atoms with Crippen LogP contribution in [0.5, 0.6) is 0 Å². The molecule has 0 aliphatic carbocycles. The summed E-state index contributed by atoms with van der Waals surface area (Å²) in [6, 6.07) is 8.77. The van der Waals surface area contributed by atoms with Gasteiger partial charge in [-0.3, -0.25) is 0 Å². The molecule has 0 aromatic heterocycles. The Morgan fingerprint density at radius 2 is 1.60 bits per heavy atom. The minimum absolute atomic E-state index is 1.06. The second-order valence-electron chi connectivity index (χ2n) is 3.72. The highest BCUT2D eigenvalue weighted by Gasteiger charge is 1.97. The lowest BCUT2D eigenvalue weighted by molar-refractivity contribution is 0.327. The van der Waals surface area contributed by atoms with Crippen molar-refractivity contribution in [1.82, 2.24) is 4.90 Å². The molecule has 1 heteroatoms. The maximum absolute atomic E-state index is 2.35. The van der Waals surface area contributed by atoms with Crippen LogP contribution in [0.1, 0.15) is 38.3 Å². The fourth-order valence-corrected chi connectivity index (χ4v) is 1.47. The predicted octanol–water partition coefficient (Wildman–Crippen LogP) is 3.86. The van der Waals surface area contributed by atoms with Gasteiger partial charge in [-0.05, 0) is 32.5 Å². The van der Waals surface area contributed by atoms with E-state index in [1.54, 1.807) is 0 Å². The van der Waals surface area contributed by atoms with Crippen molar-refractivity contribution < 1.29 is 0 Å². The molecule has 0 N–H and O–H groups in total. The zero-order valence-corrected chi connectivity index (χ0v) is 10.9. The van der Waals surface area contributed by atoms with Gasteiger partial charge in [-0.2, -0.15) is 0 Å². The van der Waals surface area contributed by atoms with E-state index in [9.17, 15) is 0 Å². The van der Waals surface area contributed by atoms with Crippen molar-refractivity contribution >= 4 is 0 Å². The molecule has 86 valence electrons. The van der Waals surface area contributed by atoms with Gasteiger partial charge in [-0.1, -0.05) is 50.6 Å². The van der Waals surface area contributed by atoms with E-state index in [1.807, 2.05) is 13.8 Å². The first-order valence-electron chi connectivity index (χ1n) is 5.96. The van der Waals surface area contributed by atoms with Crippen LogP contribution in [0.3, 0.4) is 0 Å². The SMILES string of the molecule is CC.CCCN(C)Cc1ccc(C)cc1. The molecule has 1 aromatic rings. The first-order chi connectivity index (χ1) is 7.22. The zero-order chi connectivity index (χ0) is 11.7. The predicted molar refractivity (Wildman–Crippen MR) is 69.2 cm³/mol. The van der Waals surface area contributed by atoms with E-state index in [4.69, 9.17) is 0 Å². The van der Waals surface area contributed by atoms with E-state index < -0.39 is 0 Å². The highest BCUT2D eigenvalue weighted by molar-refractivity contribution is 5.21. The lowest BCUT2D eigenvalue weighted by Gasteiger charge is -2.15. The Morgan fingerprint density at radius 1 is 1.07 bits per heavy atom. The van der Waals surface area contributed by atoms with Gasteiger partial charge >= 0.3 is 0 Å². The van der Waals surface area contributed by atoms with E-state index in [0.29, 0.717) is 0 Å². The Hall–Kier alpha value is -0.820.